The summed E-state index contributed by atoms with van der Waals surface area (Å²) in [5, 5.41) is 0. The van der Waals surface area contributed by atoms with Gasteiger partial charge in [0.25, 0.3) is 0 Å². The maximum Gasteiger partial charge on any atom is -1.00 e. The predicted molar refractivity (Wildman–Crippen MR) is 104 cm³/mol. The van der Waals surface area contributed by atoms with Gasteiger partial charge in [0.15, 0.2) is 0 Å². The van der Waals surface area contributed by atoms with Gasteiger partial charge in [-0.1, -0.05) is 38.5 Å². The molecule has 4 heteroatoms. The maximum absolute atomic E-state index is 2.41. The van der Waals surface area contributed by atoms with Gasteiger partial charge in [-0.25, -0.2) is 36.1 Å². The third kappa shape index (κ3) is 9.26. The Morgan fingerprint density at radius 2 is 1.19 bits per heavy atom. The number of halogens is 2. The topological polar surface area (TPSA) is 0 Å². The van der Waals surface area contributed by atoms with E-state index in [9.17, 15) is 0 Å². The van der Waals surface area contributed by atoms with Crippen molar-refractivity contribution in [2.24, 2.45) is 23.7 Å². The molecule has 0 N–H and O–H groups in total. The summed E-state index contributed by atoms with van der Waals surface area (Å²) in [5.41, 5.74) is 3.16. The molecule has 4 rings (SSSR count). The SMILES string of the molecule is CC1[CH-]C2=CC=CCC2C1.CC1[CH-]C2=CC=CCC2C1.[CH3][Ge]([CH3])=[Hf+2].[Cl-].[Cl-]. The molecule has 144 valence electrons. The Bertz CT molecular complexity index is 514. The van der Waals surface area contributed by atoms with Crippen LogP contribution < -0.4 is 24.8 Å². The van der Waals surface area contributed by atoms with Gasteiger partial charge in [0.05, 0.1) is 0 Å². The summed E-state index contributed by atoms with van der Waals surface area (Å²) < 4.78 is 0. The summed E-state index contributed by atoms with van der Waals surface area (Å²) in [6.07, 6.45) is 23.5. The number of hydrogen-bond acceptors (Lipinski definition) is 0. The van der Waals surface area contributed by atoms with Gasteiger partial charge in [-0.3, -0.25) is 0 Å². The van der Waals surface area contributed by atoms with Crippen LogP contribution in [0.15, 0.2) is 47.6 Å². The second-order valence-electron chi connectivity index (χ2n) is 7.81. The molecule has 0 saturated heterocycles. The third-order valence-electron chi connectivity index (χ3n) is 4.90. The van der Waals surface area contributed by atoms with Gasteiger partial charge in [-0.15, -0.1) is 24.3 Å². The first-order valence-corrected chi connectivity index (χ1v) is 24.0. The molecule has 4 unspecified atom stereocenters. The summed E-state index contributed by atoms with van der Waals surface area (Å²) in [6.45, 7) is 4.61. The molecule has 4 aliphatic rings. The minimum absolute atomic E-state index is 0. The number of rotatable bonds is 0. The standard InChI is InChI=1S/2C10H13.C2H6Ge.2ClH.Hf/c2*1-8-6-9-4-2-3-5-10(9)7-8;1-3-2;;;/h2*2-4,6,8,10H,5,7H2,1H3;1-2H3;2*1H;/q2*-1;;;;+2/p-2. The molecule has 0 nitrogen and oxygen atoms in total. The molecular weight excluding hydrogens is 586 g/mol. The third-order valence-corrected chi connectivity index (χ3v) is 4.90. The summed E-state index contributed by atoms with van der Waals surface area (Å²) in [4.78, 5) is 0. The van der Waals surface area contributed by atoms with Gasteiger partial charge in [-0.05, 0) is 24.7 Å². The van der Waals surface area contributed by atoms with Crippen LogP contribution in [-0.4, -0.2) is 10.1 Å². The first-order chi connectivity index (χ1) is 11.5. The van der Waals surface area contributed by atoms with Gasteiger partial charge >= 0.3 is 42.8 Å². The molecule has 0 heterocycles. The molecule has 4 aliphatic carbocycles. The van der Waals surface area contributed by atoms with Crippen molar-refractivity contribution in [2.75, 3.05) is 0 Å². The number of allylic oxidation sites excluding steroid dienone is 8. The second kappa shape index (κ2) is 13.8. The van der Waals surface area contributed by atoms with Crippen molar-refractivity contribution in [1.29, 1.82) is 0 Å². The van der Waals surface area contributed by atoms with E-state index in [1.807, 2.05) is 0 Å². The Hall–Kier alpha value is 0.693. The van der Waals surface area contributed by atoms with E-state index in [0.717, 1.165) is 23.7 Å². The molecule has 2 fully saturated rings. The Balaban J connectivity index is 0.000000378. The Morgan fingerprint density at radius 3 is 1.50 bits per heavy atom. The molecule has 0 radical (unpaired) electrons. The zero-order valence-electron chi connectivity index (χ0n) is 16.5. The fourth-order valence-corrected chi connectivity index (χ4v) is 3.93. The minimum Gasteiger partial charge on any atom is -1.00 e. The van der Waals surface area contributed by atoms with Crippen molar-refractivity contribution >= 4 is 10.1 Å². The molecule has 0 bridgehead atoms. The Labute approximate surface area is 190 Å². The smallest absolute Gasteiger partial charge is 1.00 e. The van der Waals surface area contributed by atoms with Crippen molar-refractivity contribution < 1.29 is 46.1 Å². The Morgan fingerprint density at radius 1 is 0.846 bits per heavy atom. The first-order valence-electron chi connectivity index (χ1n) is 9.40. The van der Waals surface area contributed by atoms with E-state index in [2.05, 4.69) is 74.7 Å². The van der Waals surface area contributed by atoms with E-state index in [1.54, 1.807) is 11.1 Å². The molecule has 0 spiro atoms. The number of fused-ring (bicyclic) bond motifs is 2. The Kier molecular flexibility index (Phi) is 14.2. The van der Waals surface area contributed by atoms with Gasteiger partial charge in [-0.2, -0.15) is 0 Å². The van der Waals surface area contributed by atoms with Crippen LogP contribution in [0.4, 0.5) is 0 Å². The maximum atomic E-state index is 2.41. The first kappa shape index (κ1) is 26.7. The zero-order valence-corrected chi connectivity index (χ0v) is 23.7. The zero-order chi connectivity index (χ0) is 17.5. The van der Waals surface area contributed by atoms with Crippen LogP contribution in [0.2, 0.25) is 11.5 Å². The van der Waals surface area contributed by atoms with Crippen LogP contribution in [0.5, 0.6) is 0 Å². The van der Waals surface area contributed by atoms with Gasteiger partial charge in [0.1, 0.15) is 0 Å². The molecule has 4 atom stereocenters. The van der Waals surface area contributed by atoms with Crippen molar-refractivity contribution in [3.8, 4) is 0 Å². The largest absolute Gasteiger partial charge is 1.00 e. The minimum atomic E-state index is -0.194. The molecule has 2 saturated carbocycles. The molecule has 0 amide bonds. The van der Waals surface area contributed by atoms with E-state index >= 15 is 0 Å². The molecule has 0 aromatic heterocycles. The molecule has 26 heavy (non-hydrogen) atoms. The summed E-state index contributed by atoms with van der Waals surface area (Å²) >= 11 is 1.52. The van der Waals surface area contributed by atoms with E-state index in [-0.39, 0.29) is 34.9 Å². The predicted octanol–water partition coefficient (Wildman–Crippen LogP) is 0.258. The van der Waals surface area contributed by atoms with Crippen LogP contribution in [0.25, 0.3) is 0 Å². The van der Waals surface area contributed by atoms with Crippen molar-refractivity contribution in [1.82, 2.24) is 0 Å². The second-order valence-corrected chi connectivity index (χ2v) is 30.7. The van der Waals surface area contributed by atoms with Crippen LogP contribution in [0.3, 0.4) is 0 Å². The van der Waals surface area contributed by atoms with E-state index in [1.165, 1.54) is 47.0 Å². The molecular formula is C22H32Cl2GeHf-2. The van der Waals surface area contributed by atoms with Crippen LogP contribution in [-0.2, 0) is 21.3 Å². The van der Waals surface area contributed by atoms with E-state index in [0.29, 0.717) is 0 Å². The van der Waals surface area contributed by atoms with Crippen LogP contribution in [0, 0.1) is 36.5 Å². The van der Waals surface area contributed by atoms with Gasteiger partial charge in [0.2, 0.25) is 0 Å². The average Bonchev–Trinajstić information content (AvgIpc) is 3.07. The van der Waals surface area contributed by atoms with Crippen LogP contribution in [0.1, 0.15) is 39.5 Å². The van der Waals surface area contributed by atoms with E-state index in [4.69, 9.17) is 0 Å². The normalized spacial score (nSPS) is 29.3. The molecule has 0 aromatic rings. The van der Waals surface area contributed by atoms with Gasteiger partial charge in [0, 0.05) is 0 Å². The summed E-state index contributed by atoms with van der Waals surface area (Å²) in [6, 6.07) is 0. The quantitative estimate of drug-likeness (QED) is 0.270. The van der Waals surface area contributed by atoms with Crippen molar-refractivity contribution in [2.45, 2.75) is 51.0 Å². The molecule has 0 aromatic carbocycles. The average molecular weight is 619 g/mol. The fraction of sp³-hybridized carbons (Fsp3) is 0.545. The van der Waals surface area contributed by atoms with Gasteiger partial charge < -0.3 is 24.8 Å². The van der Waals surface area contributed by atoms with Crippen molar-refractivity contribution in [3.05, 3.63) is 60.4 Å². The monoisotopic (exact) mass is 620 g/mol. The summed E-state index contributed by atoms with van der Waals surface area (Å²) in [7, 11) is -0.194. The van der Waals surface area contributed by atoms with Crippen molar-refractivity contribution in [3.63, 3.8) is 0 Å². The fourth-order valence-electron chi connectivity index (χ4n) is 3.93. The number of hydrogen-bond donors (Lipinski definition) is 0. The van der Waals surface area contributed by atoms with Crippen LogP contribution >= 0.6 is 0 Å². The summed E-state index contributed by atoms with van der Waals surface area (Å²) in [5.74, 6) is 8.14. The van der Waals surface area contributed by atoms with E-state index < -0.39 is 0 Å². The molecule has 0 aliphatic heterocycles.